The van der Waals surface area contributed by atoms with Gasteiger partial charge in [0.25, 0.3) is 0 Å². The summed E-state index contributed by atoms with van der Waals surface area (Å²) in [4.78, 5) is 33.7. The van der Waals surface area contributed by atoms with Gasteiger partial charge in [0, 0.05) is 47.4 Å². The summed E-state index contributed by atoms with van der Waals surface area (Å²) in [5.74, 6) is -0.172. The normalized spacial score (nSPS) is 16.3. The molecule has 0 radical (unpaired) electrons. The Bertz CT molecular complexity index is 1210. The third-order valence-electron chi connectivity index (χ3n) is 5.70. The van der Waals surface area contributed by atoms with Crippen molar-refractivity contribution in [2.75, 3.05) is 20.1 Å². The van der Waals surface area contributed by atoms with Crippen LogP contribution < -0.4 is 0 Å². The number of rotatable bonds is 3. The Hall–Kier alpha value is -3.06. The van der Waals surface area contributed by atoms with Gasteiger partial charge in [0.05, 0.1) is 12.8 Å². The van der Waals surface area contributed by atoms with E-state index in [1.54, 1.807) is 24.6 Å². The molecule has 29 heavy (non-hydrogen) atoms. The van der Waals surface area contributed by atoms with Gasteiger partial charge in [-0.1, -0.05) is 18.2 Å². The highest BCUT2D eigenvalue weighted by molar-refractivity contribution is 7.18. The van der Waals surface area contributed by atoms with Gasteiger partial charge < -0.3 is 19.2 Å². The van der Waals surface area contributed by atoms with Crippen LogP contribution in [0.15, 0.2) is 47.1 Å². The molecule has 0 saturated carbocycles. The van der Waals surface area contributed by atoms with Crippen molar-refractivity contribution in [3.8, 4) is 0 Å². The molecule has 5 rings (SSSR count). The molecular weight excluding hydrogens is 386 g/mol. The number of carbonyl (C=O) groups excluding carboxylic acids is 2. The number of hydrogen-bond donors (Lipinski definition) is 1. The van der Waals surface area contributed by atoms with E-state index in [1.165, 1.54) is 22.8 Å². The van der Waals surface area contributed by atoms with Gasteiger partial charge in [0.1, 0.15) is 6.04 Å². The fourth-order valence-electron chi connectivity index (χ4n) is 4.13. The van der Waals surface area contributed by atoms with E-state index in [-0.39, 0.29) is 24.4 Å². The lowest BCUT2D eigenvalue weighted by Crippen LogP contribution is -2.45. The number of para-hydroxylation sites is 1. The van der Waals surface area contributed by atoms with Crippen molar-refractivity contribution >= 4 is 44.3 Å². The van der Waals surface area contributed by atoms with E-state index in [9.17, 15) is 9.59 Å². The molecule has 1 atom stereocenters. The lowest BCUT2D eigenvalue weighted by Gasteiger charge is -2.36. The second-order valence-electron chi connectivity index (χ2n) is 7.49. The zero-order valence-electron chi connectivity index (χ0n) is 16.3. The number of nitrogens with one attached hydrogen (secondary N) is 1. The summed E-state index contributed by atoms with van der Waals surface area (Å²) in [7, 11) is 1.66. The number of thiophene rings is 1. The quantitative estimate of drug-likeness (QED) is 0.559. The lowest BCUT2D eigenvalue weighted by atomic mass is 9.96. The summed E-state index contributed by atoms with van der Waals surface area (Å²) in [5, 5.41) is 2.25. The first-order chi connectivity index (χ1) is 14.0. The molecule has 3 aromatic heterocycles. The molecule has 0 bridgehead atoms. The number of nitrogens with zero attached hydrogens (tertiary/aromatic N) is 2. The maximum absolute atomic E-state index is 13.2. The molecule has 2 amide bonds. The van der Waals surface area contributed by atoms with E-state index >= 15 is 0 Å². The molecule has 1 aromatic carbocycles. The minimum absolute atomic E-state index is 0.0537. The molecule has 7 heteroatoms. The number of H-pyrrole nitrogens is 1. The molecule has 0 fully saturated rings. The van der Waals surface area contributed by atoms with Crippen LogP contribution in [0.4, 0.5) is 0 Å². The van der Waals surface area contributed by atoms with E-state index in [0.717, 1.165) is 32.8 Å². The highest BCUT2D eigenvalue weighted by atomic mass is 32.1. The number of aromatic nitrogens is 1. The van der Waals surface area contributed by atoms with Gasteiger partial charge in [-0.05, 0) is 30.2 Å². The first-order valence-corrected chi connectivity index (χ1v) is 10.4. The summed E-state index contributed by atoms with van der Waals surface area (Å²) in [6.45, 7) is 2.16. The van der Waals surface area contributed by atoms with Gasteiger partial charge in [-0.25, -0.2) is 0 Å². The van der Waals surface area contributed by atoms with Gasteiger partial charge >= 0.3 is 0 Å². The fourth-order valence-corrected chi connectivity index (χ4v) is 5.24. The Labute approximate surface area is 171 Å². The number of carbonyl (C=O) groups is 2. The topological polar surface area (TPSA) is 69.6 Å². The van der Waals surface area contributed by atoms with Crippen LogP contribution in [0.1, 0.15) is 29.1 Å². The summed E-state index contributed by atoms with van der Waals surface area (Å²) < 4.78 is 5.58. The molecular formula is C22H21N3O3S. The Balaban J connectivity index is 1.62. The summed E-state index contributed by atoms with van der Waals surface area (Å²) in [6, 6.07) is 12.1. The summed E-state index contributed by atoms with van der Waals surface area (Å²) in [6.07, 6.45) is 2.47. The SMILES string of the molecule is CC(=O)N(C)CC(=O)N1CCc2c([nH]c3ccccc23)[C@H]1c1cc2ccoc2s1. The van der Waals surface area contributed by atoms with Crippen molar-refractivity contribution < 1.29 is 14.0 Å². The van der Waals surface area contributed by atoms with Gasteiger partial charge in [-0.15, -0.1) is 11.3 Å². The highest BCUT2D eigenvalue weighted by Crippen LogP contribution is 2.42. The molecule has 0 aliphatic carbocycles. The number of amides is 2. The van der Waals surface area contributed by atoms with Gasteiger partial charge in [0.2, 0.25) is 11.8 Å². The standard InChI is InChI=1S/C22H21N3O3S/c1-13(26)24(2)12-19(27)25-9-7-16-15-5-3-4-6-17(15)23-20(16)21(25)18-11-14-8-10-28-22(14)29-18/h3-6,8,10-11,21,23H,7,9,12H2,1-2H3/t21-/m1/s1. The molecule has 0 spiro atoms. The first-order valence-electron chi connectivity index (χ1n) is 9.60. The molecule has 4 aromatic rings. The van der Waals surface area contributed by atoms with Crippen molar-refractivity contribution in [1.82, 2.24) is 14.8 Å². The maximum Gasteiger partial charge on any atom is 0.243 e. The number of aromatic amines is 1. The average molecular weight is 407 g/mol. The summed E-state index contributed by atoms with van der Waals surface area (Å²) >= 11 is 1.57. The molecule has 1 N–H and O–H groups in total. The van der Waals surface area contributed by atoms with E-state index in [2.05, 4.69) is 23.2 Å². The van der Waals surface area contributed by atoms with Crippen LogP contribution in [0.2, 0.25) is 0 Å². The number of benzene rings is 1. The van der Waals surface area contributed by atoms with Crippen LogP contribution in [0.3, 0.4) is 0 Å². The lowest BCUT2D eigenvalue weighted by molar-refractivity contribution is -0.139. The molecule has 0 unspecified atom stereocenters. The number of likely N-dealkylation sites (N-methyl/N-ethyl adjacent to an activating group) is 1. The molecule has 1 aliphatic heterocycles. The Morgan fingerprint density at radius 3 is 2.93 bits per heavy atom. The van der Waals surface area contributed by atoms with E-state index in [4.69, 9.17) is 4.42 Å². The number of hydrogen-bond acceptors (Lipinski definition) is 4. The van der Waals surface area contributed by atoms with E-state index < -0.39 is 0 Å². The molecule has 1 aliphatic rings. The maximum atomic E-state index is 13.2. The molecule has 4 heterocycles. The smallest absolute Gasteiger partial charge is 0.243 e. The predicted octanol–water partition coefficient (Wildman–Crippen LogP) is 3.93. The van der Waals surface area contributed by atoms with Crippen LogP contribution in [-0.2, 0) is 16.0 Å². The monoisotopic (exact) mass is 407 g/mol. The van der Waals surface area contributed by atoms with Crippen LogP contribution in [0.25, 0.3) is 21.2 Å². The second-order valence-corrected chi connectivity index (χ2v) is 8.54. The van der Waals surface area contributed by atoms with Crippen LogP contribution in [0.5, 0.6) is 0 Å². The average Bonchev–Trinajstić information content (AvgIpc) is 3.39. The fraction of sp³-hybridized carbons (Fsp3) is 0.273. The molecule has 148 valence electrons. The van der Waals surface area contributed by atoms with Crippen LogP contribution in [0, 0.1) is 0 Å². The van der Waals surface area contributed by atoms with Crippen molar-refractivity contribution in [1.29, 1.82) is 0 Å². The number of furan rings is 1. The van der Waals surface area contributed by atoms with Crippen LogP contribution in [-0.4, -0.2) is 46.7 Å². The van der Waals surface area contributed by atoms with Crippen molar-refractivity contribution in [3.63, 3.8) is 0 Å². The van der Waals surface area contributed by atoms with Crippen molar-refractivity contribution in [3.05, 3.63) is 58.8 Å². The van der Waals surface area contributed by atoms with Crippen molar-refractivity contribution in [2.24, 2.45) is 0 Å². The van der Waals surface area contributed by atoms with E-state index in [0.29, 0.717) is 6.54 Å². The molecule has 6 nitrogen and oxygen atoms in total. The first kappa shape index (κ1) is 18.0. The van der Waals surface area contributed by atoms with Crippen LogP contribution >= 0.6 is 11.3 Å². The second kappa shape index (κ2) is 6.77. The minimum atomic E-state index is -0.216. The highest BCUT2D eigenvalue weighted by Gasteiger charge is 2.36. The van der Waals surface area contributed by atoms with Gasteiger partial charge in [-0.2, -0.15) is 0 Å². The largest absolute Gasteiger partial charge is 0.454 e. The Morgan fingerprint density at radius 1 is 1.31 bits per heavy atom. The van der Waals surface area contributed by atoms with Gasteiger partial charge in [-0.3, -0.25) is 9.59 Å². The summed E-state index contributed by atoms with van der Waals surface area (Å²) in [5.41, 5.74) is 3.40. The Morgan fingerprint density at radius 2 is 2.14 bits per heavy atom. The zero-order chi connectivity index (χ0) is 20.1. The minimum Gasteiger partial charge on any atom is -0.454 e. The number of fused-ring (bicyclic) bond motifs is 4. The third-order valence-corrected chi connectivity index (χ3v) is 6.80. The van der Waals surface area contributed by atoms with Gasteiger partial charge in [0.15, 0.2) is 4.90 Å². The zero-order valence-corrected chi connectivity index (χ0v) is 17.1. The predicted molar refractivity (Wildman–Crippen MR) is 113 cm³/mol. The van der Waals surface area contributed by atoms with Crippen molar-refractivity contribution in [2.45, 2.75) is 19.4 Å². The Kier molecular flexibility index (Phi) is 4.20. The third kappa shape index (κ3) is 2.93. The molecule has 0 saturated heterocycles. The van der Waals surface area contributed by atoms with E-state index in [1.807, 2.05) is 23.1 Å².